The maximum Gasteiger partial charge on any atom is 0.305 e. The number of unbranched alkanes of at least 4 members (excludes halogenated alkanes) is 6. The molecule has 0 aromatic rings. The molecule has 0 aliphatic heterocycles. The van der Waals surface area contributed by atoms with Gasteiger partial charge in [0.25, 0.3) is 0 Å². The fraction of sp³-hybridized carbons (Fsp3) is 0.765. The summed E-state index contributed by atoms with van der Waals surface area (Å²) >= 11 is 0. The zero-order valence-electron chi connectivity index (χ0n) is 13.3. The van der Waals surface area contributed by atoms with E-state index in [4.69, 9.17) is 9.84 Å². The quantitative estimate of drug-likeness (QED) is 0.292. The molecule has 21 heavy (non-hydrogen) atoms. The molecular weight excluding hydrogens is 268 g/mol. The number of hydrogen-bond acceptors (Lipinski definition) is 3. The molecule has 0 amide bonds. The van der Waals surface area contributed by atoms with Gasteiger partial charge in [0.2, 0.25) is 0 Å². The highest BCUT2D eigenvalue weighted by atomic mass is 16.5. The van der Waals surface area contributed by atoms with Gasteiger partial charge in [-0.25, -0.2) is 0 Å². The molecule has 0 spiro atoms. The van der Waals surface area contributed by atoms with Crippen LogP contribution < -0.4 is 0 Å². The minimum atomic E-state index is -0.734. The van der Waals surface area contributed by atoms with Crippen molar-refractivity contribution >= 4 is 11.9 Å². The second kappa shape index (κ2) is 15.1. The van der Waals surface area contributed by atoms with Gasteiger partial charge in [-0.1, -0.05) is 51.2 Å². The number of carbonyl (C=O) groups excluding carboxylic acids is 1. The van der Waals surface area contributed by atoms with Crippen LogP contribution in [0.5, 0.6) is 0 Å². The maximum absolute atomic E-state index is 11.4. The summed E-state index contributed by atoms with van der Waals surface area (Å²) in [7, 11) is 0. The van der Waals surface area contributed by atoms with Gasteiger partial charge in [-0.05, 0) is 25.7 Å². The first-order valence-corrected chi connectivity index (χ1v) is 8.19. The van der Waals surface area contributed by atoms with Crippen LogP contribution in [0.4, 0.5) is 0 Å². The molecule has 0 bridgehead atoms. The van der Waals surface area contributed by atoms with E-state index in [1.165, 1.54) is 12.8 Å². The fourth-order valence-electron chi connectivity index (χ4n) is 1.95. The Labute approximate surface area is 128 Å². The van der Waals surface area contributed by atoms with Crippen molar-refractivity contribution in [1.82, 2.24) is 0 Å². The molecule has 0 aliphatic rings. The van der Waals surface area contributed by atoms with Gasteiger partial charge in [0.15, 0.2) is 0 Å². The topological polar surface area (TPSA) is 63.6 Å². The van der Waals surface area contributed by atoms with E-state index >= 15 is 0 Å². The van der Waals surface area contributed by atoms with E-state index in [-0.39, 0.29) is 12.4 Å². The molecule has 0 aromatic heterocycles. The van der Waals surface area contributed by atoms with Crippen molar-refractivity contribution in [2.45, 2.75) is 77.6 Å². The molecule has 0 heterocycles. The zero-order chi connectivity index (χ0) is 15.8. The third kappa shape index (κ3) is 16.6. The lowest BCUT2D eigenvalue weighted by atomic mass is 10.1. The average Bonchev–Trinajstić information content (AvgIpc) is 2.45. The van der Waals surface area contributed by atoms with Crippen LogP contribution in [0.3, 0.4) is 0 Å². The van der Waals surface area contributed by atoms with Gasteiger partial charge in [-0.15, -0.1) is 0 Å². The van der Waals surface area contributed by atoms with Gasteiger partial charge in [-0.2, -0.15) is 0 Å². The van der Waals surface area contributed by atoms with E-state index in [0.717, 1.165) is 44.9 Å². The Kier molecular flexibility index (Phi) is 14.1. The number of hydrogen-bond donors (Lipinski definition) is 1. The Morgan fingerprint density at radius 3 is 2.19 bits per heavy atom. The van der Waals surface area contributed by atoms with Crippen molar-refractivity contribution in [3.05, 3.63) is 12.2 Å². The lowest BCUT2D eigenvalue weighted by molar-refractivity contribution is -0.143. The monoisotopic (exact) mass is 298 g/mol. The molecule has 0 fully saturated rings. The molecule has 4 nitrogen and oxygen atoms in total. The summed E-state index contributed by atoms with van der Waals surface area (Å²) < 4.78 is 5.14. The Morgan fingerprint density at radius 1 is 0.905 bits per heavy atom. The highest BCUT2D eigenvalue weighted by Gasteiger charge is 2.02. The number of aliphatic carboxylic acids is 1. The summed E-state index contributed by atoms with van der Waals surface area (Å²) in [5.41, 5.74) is 0. The van der Waals surface area contributed by atoms with Crippen LogP contribution in [-0.2, 0) is 14.3 Å². The van der Waals surface area contributed by atoms with E-state index in [1.54, 1.807) is 0 Å². The Morgan fingerprint density at radius 2 is 1.52 bits per heavy atom. The van der Waals surface area contributed by atoms with Gasteiger partial charge >= 0.3 is 11.9 Å². The van der Waals surface area contributed by atoms with Crippen LogP contribution in [-0.4, -0.2) is 23.7 Å². The minimum Gasteiger partial charge on any atom is -0.481 e. The predicted molar refractivity (Wildman–Crippen MR) is 84.2 cm³/mol. The standard InChI is InChI=1S/C17H30O4/c1-2-3-4-5-9-12-15-21-17(20)14-11-8-6-7-10-13-16(18)19/h5,9H,2-4,6-8,10-15H2,1H3,(H,18,19)/b9-5-. The van der Waals surface area contributed by atoms with E-state index in [0.29, 0.717) is 13.0 Å². The highest BCUT2D eigenvalue weighted by molar-refractivity contribution is 5.69. The van der Waals surface area contributed by atoms with Gasteiger partial charge < -0.3 is 9.84 Å². The first kappa shape index (κ1) is 19.7. The molecule has 0 radical (unpaired) electrons. The van der Waals surface area contributed by atoms with Crippen LogP contribution in [0, 0.1) is 0 Å². The van der Waals surface area contributed by atoms with Gasteiger partial charge in [0.1, 0.15) is 0 Å². The number of esters is 1. The molecule has 0 saturated carbocycles. The van der Waals surface area contributed by atoms with Crippen molar-refractivity contribution in [3.63, 3.8) is 0 Å². The Hall–Kier alpha value is -1.32. The predicted octanol–water partition coefficient (Wildman–Crippen LogP) is 4.48. The third-order valence-corrected chi connectivity index (χ3v) is 3.21. The summed E-state index contributed by atoms with van der Waals surface area (Å²) in [6.07, 6.45) is 13.7. The SMILES string of the molecule is CCCC/C=C\CCOC(=O)CCCCCCCC(=O)O. The van der Waals surface area contributed by atoms with Gasteiger partial charge in [-0.3, -0.25) is 9.59 Å². The highest BCUT2D eigenvalue weighted by Crippen LogP contribution is 2.08. The number of rotatable bonds is 14. The van der Waals surface area contributed by atoms with Gasteiger partial charge in [0, 0.05) is 12.8 Å². The third-order valence-electron chi connectivity index (χ3n) is 3.21. The normalized spacial score (nSPS) is 10.9. The molecule has 0 atom stereocenters. The zero-order valence-corrected chi connectivity index (χ0v) is 13.3. The first-order chi connectivity index (χ1) is 10.2. The van der Waals surface area contributed by atoms with E-state index < -0.39 is 5.97 Å². The number of carboxylic acid groups (broad SMARTS) is 1. The van der Waals surface area contributed by atoms with Crippen molar-refractivity contribution < 1.29 is 19.4 Å². The molecule has 0 aliphatic carbocycles. The maximum atomic E-state index is 11.4. The molecule has 4 heteroatoms. The van der Waals surface area contributed by atoms with Crippen molar-refractivity contribution in [2.24, 2.45) is 0 Å². The molecule has 1 N–H and O–H groups in total. The van der Waals surface area contributed by atoms with Crippen molar-refractivity contribution in [1.29, 1.82) is 0 Å². The van der Waals surface area contributed by atoms with Crippen LogP contribution in [0.25, 0.3) is 0 Å². The van der Waals surface area contributed by atoms with Crippen LogP contribution >= 0.6 is 0 Å². The van der Waals surface area contributed by atoms with Crippen LogP contribution in [0.1, 0.15) is 77.6 Å². The summed E-state index contributed by atoms with van der Waals surface area (Å²) in [6.45, 7) is 2.64. The van der Waals surface area contributed by atoms with Crippen LogP contribution in [0.15, 0.2) is 12.2 Å². The largest absolute Gasteiger partial charge is 0.481 e. The summed E-state index contributed by atoms with van der Waals surface area (Å²) in [6, 6.07) is 0. The Bertz CT molecular complexity index is 297. The minimum absolute atomic E-state index is 0.123. The molecule has 122 valence electrons. The molecule has 0 unspecified atom stereocenters. The summed E-state index contributed by atoms with van der Waals surface area (Å²) in [4.78, 5) is 21.7. The number of ether oxygens (including phenoxy) is 1. The second-order valence-corrected chi connectivity index (χ2v) is 5.28. The lowest BCUT2D eigenvalue weighted by Crippen LogP contribution is -2.05. The molecule has 0 saturated heterocycles. The number of carboxylic acids is 1. The smallest absolute Gasteiger partial charge is 0.305 e. The van der Waals surface area contributed by atoms with E-state index in [1.807, 2.05) is 0 Å². The average molecular weight is 298 g/mol. The van der Waals surface area contributed by atoms with Crippen molar-refractivity contribution in [2.75, 3.05) is 6.61 Å². The summed E-state index contributed by atoms with van der Waals surface area (Å²) in [5, 5.41) is 8.49. The lowest BCUT2D eigenvalue weighted by Gasteiger charge is -2.03. The first-order valence-electron chi connectivity index (χ1n) is 8.19. The fourth-order valence-corrected chi connectivity index (χ4v) is 1.95. The van der Waals surface area contributed by atoms with Crippen molar-refractivity contribution in [3.8, 4) is 0 Å². The molecular formula is C17H30O4. The molecule has 0 rings (SSSR count). The number of carbonyl (C=O) groups is 2. The van der Waals surface area contributed by atoms with Gasteiger partial charge in [0.05, 0.1) is 6.61 Å². The van der Waals surface area contributed by atoms with E-state index in [9.17, 15) is 9.59 Å². The number of allylic oxidation sites excluding steroid dienone is 1. The summed E-state index contributed by atoms with van der Waals surface area (Å²) in [5.74, 6) is -0.857. The second-order valence-electron chi connectivity index (χ2n) is 5.28. The van der Waals surface area contributed by atoms with E-state index in [2.05, 4.69) is 19.1 Å². The molecule has 0 aromatic carbocycles. The van der Waals surface area contributed by atoms with Crippen LogP contribution in [0.2, 0.25) is 0 Å². The Balaban J connectivity index is 3.27.